The van der Waals surface area contributed by atoms with Gasteiger partial charge in [0.05, 0.1) is 18.9 Å². The zero-order valence-corrected chi connectivity index (χ0v) is 13.1. The predicted octanol–water partition coefficient (Wildman–Crippen LogP) is 3.32. The van der Waals surface area contributed by atoms with Crippen LogP contribution >= 0.6 is 0 Å². The minimum absolute atomic E-state index is 0.180. The number of rotatable bonds is 4. The fourth-order valence-electron chi connectivity index (χ4n) is 3.30. The number of methoxy groups -OCH3 is 1. The lowest BCUT2D eigenvalue weighted by Crippen LogP contribution is -2.40. The van der Waals surface area contributed by atoms with Crippen molar-refractivity contribution in [3.63, 3.8) is 0 Å². The average Bonchev–Trinajstić information content (AvgIpc) is 2.42. The Labute approximate surface area is 122 Å². The van der Waals surface area contributed by atoms with Crippen molar-refractivity contribution in [1.29, 1.82) is 0 Å². The van der Waals surface area contributed by atoms with Crippen LogP contribution in [0.4, 0.5) is 5.69 Å². The van der Waals surface area contributed by atoms with Crippen molar-refractivity contribution in [3.05, 3.63) is 24.3 Å². The van der Waals surface area contributed by atoms with Crippen LogP contribution in [-0.4, -0.2) is 31.9 Å². The van der Waals surface area contributed by atoms with Crippen LogP contribution in [0.3, 0.4) is 0 Å². The van der Waals surface area contributed by atoms with Gasteiger partial charge in [-0.3, -0.25) is 0 Å². The molecule has 0 amide bonds. The van der Waals surface area contributed by atoms with Gasteiger partial charge in [0.25, 0.3) is 0 Å². The van der Waals surface area contributed by atoms with Crippen LogP contribution in [0.15, 0.2) is 24.3 Å². The molecule has 3 heteroatoms. The third-order valence-corrected chi connectivity index (χ3v) is 4.48. The van der Waals surface area contributed by atoms with Gasteiger partial charge in [-0.05, 0) is 36.8 Å². The number of aliphatic hydroxyl groups excluding tert-OH is 1. The minimum Gasteiger partial charge on any atom is -0.495 e. The second kappa shape index (κ2) is 6.04. The number of aliphatic hydroxyl groups is 1. The van der Waals surface area contributed by atoms with Gasteiger partial charge < -0.3 is 14.7 Å². The lowest BCUT2D eigenvalue weighted by Gasteiger charge is -2.40. The third-order valence-electron chi connectivity index (χ3n) is 4.48. The van der Waals surface area contributed by atoms with Crippen molar-refractivity contribution >= 4 is 5.69 Å². The summed E-state index contributed by atoms with van der Waals surface area (Å²) in [4.78, 5) is 2.20. The molecule has 1 N–H and O–H groups in total. The van der Waals surface area contributed by atoms with E-state index in [1.807, 2.05) is 18.2 Å². The number of anilines is 1. The number of nitrogens with zero attached hydrogens (tertiary/aromatic N) is 1. The molecule has 0 bridgehead atoms. The maximum absolute atomic E-state index is 10.3. The Morgan fingerprint density at radius 3 is 2.75 bits per heavy atom. The second-order valence-electron chi connectivity index (χ2n) is 6.79. The molecule has 2 unspecified atom stereocenters. The van der Waals surface area contributed by atoms with Gasteiger partial charge >= 0.3 is 0 Å². The summed E-state index contributed by atoms with van der Waals surface area (Å²) in [6, 6.07) is 8.05. The van der Waals surface area contributed by atoms with E-state index in [0.717, 1.165) is 37.2 Å². The molecule has 3 nitrogen and oxygen atoms in total. The van der Waals surface area contributed by atoms with Crippen molar-refractivity contribution in [2.45, 2.75) is 39.2 Å². The third kappa shape index (κ3) is 3.45. The number of para-hydroxylation sites is 2. The largest absolute Gasteiger partial charge is 0.495 e. The summed E-state index contributed by atoms with van der Waals surface area (Å²) in [6.07, 6.45) is 2.92. The van der Waals surface area contributed by atoms with Gasteiger partial charge in [-0.25, -0.2) is 0 Å². The molecule has 0 heterocycles. The number of benzene rings is 1. The Balaban J connectivity index is 2.08. The maximum atomic E-state index is 10.3. The van der Waals surface area contributed by atoms with Crippen molar-refractivity contribution < 1.29 is 9.84 Å². The Hall–Kier alpha value is -1.22. The van der Waals surface area contributed by atoms with E-state index in [1.54, 1.807) is 7.11 Å². The van der Waals surface area contributed by atoms with Gasteiger partial charge in [-0.2, -0.15) is 0 Å². The Morgan fingerprint density at radius 2 is 2.05 bits per heavy atom. The predicted molar refractivity (Wildman–Crippen MR) is 83.4 cm³/mol. The van der Waals surface area contributed by atoms with Gasteiger partial charge in [-0.15, -0.1) is 0 Å². The summed E-state index contributed by atoms with van der Waals surface area (Å²) in [5.41, 5.74) is 1.43. The quantitative estimate of drug-likeness (QED) is 0.916. The van der Waals surface area contributed by atoms with E-state index in [-0.39, 0.29) is 6.10 Å². The summed E-state index contributed by atoms with van der Waals surface area (Å²) in [7, 11) is 3.78. The maximum Gasteiger partial charge on any atom is 0.142 e. The molecule has 0 radical (unpaired) electrons. The van der Waals surface area contributed by atoms with E-state index in [9.17, 15) is 5.11 Å². The normalized spacial score (nSPS) is 25.2. The smallest absolute Gasteiger partial charge is 0.142 e. The summed E-state index contributed by atoms with van der Waals surface area (Å²) in [5, 5.41) is 10.3. The standard InChI is InChI=1S/C17H27NO2/c1-17(2)10-9-15(19)13(11-17)12-18(3)14-7-5-6-8-16(14)20-4/h5-8,13,15,19H,9-12H2,1-4H3. The summed E-state index contributed by atoms with van der Waals surface area (Å²) >= 11 is 0. The molecule has 1 aliphatic rings. The second-order valence-corrected chi connectivity index (χ2v) is 6.79. The van der Waals surface area contributed by atoms with Crippen molar-refractivity contribution in [2.24, 2.45) is 11.3 Å². The van der Waals surface area contributed by atoms with Crippen LogP contribution in [-0.2, 0) is 0 Å². The molecule has 2 atom stereocenters. The topological polar surface area (TPSA) is 32.7 Å². The first kappa shape index (κ1) is 15.2. The number of ether oxygens (including phenoxy) is 1. The van der Waals surface area contributed by atoms with Crippen LogP contribution in [0.25, 0.3) is 0 Å². The van der Waals surface area contributed by atoms with Gasteiger partial charge in [-0.1, -0.05) is 26.0 Å². The van der Waals surface area contributed by atoms with E-state index < -0.39 is 0 Å². The van der Waals surface area contributed by atoms with Crippen LogP contribution in [0.2, 0.25) is 0 Å². The molecule has 20 heavy (non-hydrogen) atoms. The molecular formula is C17H27NO2. The number of hydrogen-bond acceptors (Lipinski definition) is 3. The minimum atomic E-state index is -0.180. The summed E-state index contributed by atoms with van der Waals surface area (Å²) < 4.78 is 5.42. The van der Waals surface area contributed by atoms with E-state index in [4.69, 9.17) is 4.74 Å². The lowest BCUT2D eigenvalue weighted by atomic mass is 9.71. The first-order chi connectivity index (χ1) is 9.43. The van der Waals surface area contributed by atoms with Crippen LogP contribution < -0.4 is 9.64 Å². The van der Waals surface area contributed by atoms with Crippen molar-refractivity contribution in [1.82, 2.24) is 0 Å². The van der Waals surface area contributed by atoms with Gasteiger partial charge in [0.15, 0.2) is 0 Å². The van der Waals surface area contributed by atoms with Crippen LogP contribution in [0.5, 0.6) is 5.75 Å². The first-order valence-corrected chi connectivity index (χ1v) is 7.45. The van der Waals surface area contributed by atoms with Crippen LogP contribution in [0, 0.1) is 11.3 Å². The molecule has 1 saturated carbocycles. The Kier molecular flexibility index (Phi) is 4.59. The molecule has 1 fully saturated rings. The lowest BCUT2D eigenvalue weighted by molar-refractivity contribution is 0.0254. The zero-order valence-electron chi connectivity index (χ0n) is 13.1. The molecule has 0 saturated heterocycles. The summed E-state index contributed by atoms with van der Waals surface area (Å²) in [6.45, 7) is 5.47. The molecule has 0 aromatic heterocycles. The van der Waals surface area contributed by atoms with Crippen molar-refractivity contribution in [2.75, 3.05) is 25.6 Å². The van der Waals surface area contributed by atoms with Gasteiger partial charge in [0, 0.05) is 19.5 Å². The monoisotopic (exact) mass is 277 g/mol. The molecule has 112 valence electrons. The number of hydrogen-bond donors (Lipinski definition) is 1. The van der Waals surface area contributed by atoms with E-state index >= 15 is 0 Å². The highest BCUT2D eigenvalue weighted by Crippen LogP contribution is 2.39. The molecular weight excluding hydrogens is 250 g/mol. The zero-order chi connectivity index (χ0) is 14.8. The van der Waals surface area contributed by atoms with E-state index in [1.165, 1.54) is 0 Å². The fourth-order valence-corrected chi connectivity index (χ4v) is 3.30. The average molecular weight is 277 g/mol. The fraction of sp³-hybridized carbons (Fsp3) is 0.647. The molecule has 0 aliphatic heterocycles. The van der Waals surface area contributed by atoms with Gasteiger partial charge in [0.2, 0.25) is 0 Å². The molecule has 1 aliphatic carbocycles. The highest BCUT2D eigenvalue weighted by Gasteiger charge is 2.34. The molecule has 2 rings (SSSR count). The van der Waals surface area contributed by atoms with E-state index in [0.29, 0.717) is 11.3 Å². The van der Waals surface area contributed by atoms with Crippen molar-refractivity contribution in [3.8, 4) is 5.75 Å². The van der Waals surface area contributed by atoms with Crippen LogP contribution in [0.1, 0.15) is 33.1 Å². The highest BCUT2D eigenvalue weighted by molar-refractivity contribution is 5.57. The highest BCUT2D eigenvalue weighted by atomic mass is 16.5. The van der Waals surface area contributed by atoms with E-state index in [2.05, 4.69) is 31.9 Å². The molecule has 1 aromatic rings. The Bertz CT molecular complexity index is 444. The Morgan fingerprint density at radius 1 is 1.35 bits per heavy atom. The molecule has 0 spiro atoms. The molecule has 1 aromatic carbocycles. The SMILES string of the molecule is COc1ccccc1N(C)CC1CC(C)(C)CCC1O. The van der Waals surface area contributed by atoms with Gasteiger partial charge in [0.1, 0.15) is 5.75 Å². The summed E-state index contributed by atoms with van der Waals surface area (Å²) in [5.74, 6) is 1.22. The first-order valence-electron chi connectivity index (χ1n) is 7.45.